The number of esters is 1. The van der Waals surface area contributed by atoms with E-state index in [1.54, 1.807) is 33.9 Å². The number of hydrogen-bond donors (Lipinski definition) is 2. The molecule has 1 saturated heterocycles. The summed E-state index contributed by atoms with van der Waals surface area (Å²) in [5.41, 5.74) is 6.01. The molecule has 0 radical (unpaired) electrons. The number of ether oxygens (including phenoxy) is 2. The minimum atomic E-state index is -1.68. The van der Waals surface area contributed by atoms with Crippen molar-refractivity contribution < 1.29 is 23.3 Å². The molecule has 0 saturated carbocycles. The lowest BCUT2D eigenvalue weighted by molar-refractivity contribution is -0.149. The number of rotatable bonds is 10. The molecule has 186 valence electrons. The van der Waals surface area contributed by atoms with Crippen LogP contribution in [-0.2, 0) is 18.8 Å². The molecule has 3 N–H and O–H groups in total. The molecule has 10 nitrogen and oxygen atoms in total. The van der Waals surface area contributed by atoms with Crippen molar-refractivity contribution in [1.82, 2.24) is 14.6 Å². The molecule has 1 aliphatic heterocycles. The van der Waals surface area contributed by atoms with E-state index in [2.05, 4.69) is 10.1 Å². The summed E-state index contributed by atoms with van der Waals surface area (Å²) >= 11 is 0. The predicted molar refractivity (Wildman–Crippen MR) is 129 cm³/mol. The Balaban J connectivity index is 1.65. The maximum atomic E-state index is 12.4. The van der Waals surface area contributed by atoms with E-state index in [9.17, 15) is 9.59 Å². The van der Waals surface area contributed by atoms with Gasteiger partial charge in [0.15, 0.2) is 0 Å². The molecule has 2 heterocycles. The average molecular weight is 493 g/mol. The van der Waals surface area contributed by atoms with Crippen LogP contribution in [0.15, 0.2) is 41.3 Å². The van der Waals surface area contributed by atoms with E-state index < -0.39 is 26.5 Å². The standard InChI is InChI=1S/C23H33N4O6P/c1-14(2)31-22(28)17(5)26-34(33-18-9-7-6-8-10-18)30-13-19-11-15(3)21(32-19)27-12-16(4)20(24)25-23(27)29/h6-10,12,14-15,17,19,21,26H,11,13H2,1-5H3,(H2,24,25,29). The molecular formula is C23H33N4O6P. The SMILES string of the molecule is Cc1cn(C2OC(COP(NC(C)C(=O)OC(C)C)Oc3ccccc3)CC2C)c(=O)nc1N. The summed E-state index contributed by atoms with van der Waals surface area (Å²) in [6.07, 6.45) is 1.39. The van der Waals surface area contributed by atoms with Gasteiger partial charge in [-0.2, -0.15) is 4.98 Å². The van der Waals surface area contributed by atoms with Crippen molar-refractivity contribution in [1.29, 1.82) is 0 Å². The van der Waals surface area contributed by atoms with Gasteiger partial charge in [-0.25, -0.2) is 9.88 Å². The van der Waals surface area contributed by atoms with Crippen LogP contribution in [-0.4, -0.2) is 40.4 Å². The minimum Gasteiger partial charge on any atom is -0.462 e. The van der Waals surface area contributed by atoms with E-state index in [1.165, 1.54) is 4.57 Å². The minimum absolute atomic E-state index is 0.0605. The van der Waals surface area contributed by atoms with Gasteiger partial charge in [0, 0.05) is 17.7 Å². The van der Waals surface area contributed by atoms with E-state index >= 15 is 0 Å². The lowest BCUT2D eigenvalue weighted by atomic mass is 10.1. The first-order valence-electron chi connectivity index (χ1n) is 11.3. The maximum Gasteiger partial charge on any atom is 0.351 e. The number of nitrogens with one attached hydrogen (secondary N) is 1. The fourth-order valence-electron chi connectivity index (χ4n) is 3.49. The van der Waals surface area contributed by atoms with Gasteiger partial charge in [-0.3, -0.25) is 9.36 Å². The Hall–Kier alpha value is -2.52. The van der Waals surface area contributed by atoms with Crippen molar-refractivity contribution in [3.8, 4) is 5.75 Å². The van der Waals surface area contributed by atoms with Crippen LogP contribution >= 0.6 is 8.53 Å². The quantitative estimate of drug-likeness (QED) is 0.379. The normalized spacial score (nSPS) is 21.9. The third kappa shape index (κ3) is 6.99. The van der Waals surface area contributed by atoms with Crippen molar-refractivity contribution in [3.05, 3.63) is 52.6 Å². The number of aromatic nitrogens is 2. The number of nitrogens with zero attached hydrogens (tertiary/aromatic N) is 2. The van der Waals surface area contributed by atoms with Crippen LogP contribution in [0.3, 0.4) is 0 Å². The topological polar surface area (TPSA) is 127 Å². The molecule has 1 aromatic carbocycles. The van der Waals surface area contributed by atoms with Crippen LogP contribution in [0.4, 0.5) is 5.82 Å². The highest BCUT2D eigenvalue weighted by atomic mass is 31.2. The van der Waals surface area contributed by atoms with E-state index in [-0.39, 0.29) is 36.5 Å². The van der Waals surface area contributed by atoms with Crippen molar-refractivity contribution in [2.75, 3.05) is 12.3 Å². The first-order valence-corrected chi connectivity index (χ1v) is 12.4. The monoisotopic (exact) mass is 492 g/mol. The number of nitrogen functional groups attached to an aromatic ring is 1. The first-order chi connectivity index (χ1) is 16.1. The summed E-state index contributed by atoms with van der Waals surface area (Å²) in [6, 6.07) is 8.58. The molecule has 0 aliphatic carbocycles. The van der Waals surface area contributed by atoms with E-state index in [1.807, 2.05) is 37.3 Å². The number of carbonyl (C=O) groups is 1. The molecular weight excluding hydrogens is 459 g/mol. The second kappa shape index (κ2) is 11.8. The molecule has 0 amide bonds. The Labute approximate surface area is 200 Å². The van der Waals surface area contributed by atoms with Crippen molar-refractivity contribution in [2.45, 2.75) is 65.5 Å². The zero-order valence-electron chi connectivity index (χ0n) is 20.1. The van der Waals surface area contributed by atoms with Crippen molar-refractivity contribution >= 4 is 20.3 Å². The number of aryl methyl sites for hydroxylation is 1. The van der Waals surface area contributed by atoms with E-state index in [0.717, 1.165) is 0 Å². The zero-order valence-corrected chi connectivity index (χ0v) is 21.0. The Morgan fingerprint density at radius 2 is 2.03 bits per heavy atom. The molecule has 1 fully saturated rings. The van der Waals surface area contributed by atoms with Gasteiger partial charge >= 0.3 is 20.2 Å². The third-order valence-electron chi connectivity index (χ3n) is 5.21. The van der Waals surface area contributed by atoms with Crippen LogP contribution in [0.2, 0.25) is 0 Å². The number of hydrogen-bond acceptors (Lipinski definition) is 9. The molecule has 5 atom stereocenters. The number of anilines is 1. The predicted octanol–water partition coefficient (Wildman–Crippen LogP) is 3.31. The lowest BCUT2D eigenvalue weighted by Crippen LogP contribution is -2.35. The van der Waals surface area contributed by atoms with Crippen molar-refractivity contribution in [2.24, 2.45) is 5.92 Å². The molecule has 0 bridgehead atoms. The fraction of sp³-hybridized carbons (Fsp3) is 0.522. The Morgan fingerprint density at radius 3 is 2.71 bits per heavy atom. The number of carbonyl (C=O) groups excluding carboxylic acids is 1. The molecule has 3 rings (SSSR count). The summed E-state index contributed by atoms with van der Waals surface area (Å²) in [5.74, 6) is 0.496. The highest BCUT2D eigenvalue weighted by Crippen LogP contribution is 2.39. The number of benzene rings is 1. The van der Waals surface area contributed by atoms with Gasteiger partial charge in [0.1, 0.15) is 23.8 Å². The van der Waals surface area contributed by atoms with Gasteiger partial charge in [0.2, 0.25) is 0 Å². The largest absolute Gasteiger partial charge is 0.462 e. The molecule has 2 aromatic rings. The van der Waals surface area contributed by atoms with E-state index in [4.69, 9.17) is 24.3 Å². The second-order valence-electron chi connectivity index (χ2n) is 8.65. The summed E-state index contributed by atoms with van der Waals surface area (Å²) in [7, 11) is -1.68. The van der Waals surface area contributed by atoms with E-state index in [0.29, 0.717) is 17.7 Å². The Bertz CT molecular complexity index is 1020. The first kappa shape index (κ1) is 26.1. The summed E-state index contributed by atoms with van der Waals surface area (Å²) in [4.78, 5) is 28.5. The van der Waals surface area contributed by atoms with Crippen LogP contribution in [0, 0.1) is 12.8 Å². The van der Waals surface area contributed by atoms with Gasteiger partial charge in [-0.1, -0.05) is 25.1 Å². The molecule has 5 unspecified atom stereocenters. The average Bonchev–Trinajstić information content (AvgIpc) is 3.15. The second-order valence-corrected chi connectivity index (χ2v) is 9.87. The van der Waals surface area contributed by atoms with Gasteiger partial charge < -0.3 is 24.3 Å². The Morgan fingerprint density at radius 1 is 1.32 bits per heavy atom. The third-order valence-corrected chi connectivity index (χ3v) is 6.57. The van der Waals surface area contributed by atoms with Crippen LogP contribution in [0.1, 0.15) is 45.9 Å². The van der Waals surface area contributed by atoms with Gasteiger partial charge in [-0.15, -0.1) is 0 Å². The molecule has 1 aliphatic rings. The van der Waals surface area contributed by atoms with Crippen LogP contribution < -0.4 is 21.0 Å². The van der Waals surface area contributed by atoms with Gasteiger partial charge in [0.05, 0.1) is 18.8 Å². The zero-order chi connectivity index (χ0) is 24.8. The van der Waals surface area contributed by atoms with Crippen LogP contribution in [0.5, 0.6) is 5.75 Å². The summed E-state index contributed by atoms with van der Waals surface area (Å²) in [6.45, 7) is 9.31. The van der Waals surface area contributed by atoms with Gasteiger partial charge in [-0.05, 0) is 46.2 Å². The number of nitrogens with two attached hydrogens (primary N) is 1. The molecule has 0 spiro atoms. The smallest absolute Gasteiger partial charge is 0.351 e. The fourth-order valence-corrected chi connectivity index (χ4v) is 4.71. The lowest BCUT2D eigenvalue weighted by Gasteiger charge is -2.23. The molecule has 11 heteroatoms. The molecule has 34 heavy (non-hydrogen) atoms. The highest BCUT2D eigenvalue weighted by molar-refractivity contribution is 7.45. The summed E-state index contributed by atoms with van der Waals surface area (Å²) < 4.78 is 24.9. The summed E-state index contributed by atoms with van der Waals surface area (Å²) in [5, 5.41) is 3.08. The molecule has 1 aromatic heterocycles. The van der Waals surface area contributed by atoms with Gasteiger partial charge in [0.25, 0.3) is 0 Å². The van der Waals surface area contributed by atoms with Crippen molar-refractivity contribution in [3.63, 3.8) is 0 Å². The highest BCUT2D eigenvalue weighted by Gasteiger charge is 2.35. The van der Waals surface area contributed by atoms with Crippen LogP contribution in [0.25, 0.3) is 0 Å². The Kier molecular flexibility index (Phi) is 9.02. The maximum absolute atomic E-state index is 12.4. The number of para-hydroxylation sites is 1.